The van der Waals surface area contributed by atoms with Gasteiger partial charge in [0.05, 0.1) is 11.6 Å². The third kappa shape index (κ3) is 4.25. The van der Waals surface area contributed by atoms with Crippen LogP contribution in [0.4, 0.5) is 0 Å². The van der Waals surface area contributed by atoms with Crippen molar-refractivity contribution in [2.24, 2.45) is 0 Å². The molecule has 0 bridgehead atoms. The zero-order chi connectivity index (χ0) is 10.3. The summed E-state index contributed by atoms with van der Waals surface area (Å²) in [5.41, 5.74) is 2.07. The second kappa shape index (κ2) is 6.87. The van der Waals surface area contributed by atoms with E-state index in [4.69, 9.17) is 16.7 Å². The van der Waals surface area contributed by atoms with Crippen LogP contribution in [-0.4, -0.2) is 17.2 Å². The Balaban J connectivity index is 0.000000671. The van der Waals surface area contributed by atoms with Crippen LogP contribution in [0.15, 0.2) is 18.2 Å². The van der Waals surface area contributed by atoms with Crippen molar-refractivity contribution in [1.82, 2.24) is 4.98 Å². The van der Waals surface area contributed by atoms with Gasteiger partial charge in [-0.3, -0.25) is 4.98 Å². The molecule has 0 saturated carbocycles. The van der Waals surface area contributed by atoms with Crippen molar-refractivity contribution >= 4 is 11.6 Å². The van der Waals surface area contributed by atoms with Crippen LogP contribution in [0, 0.1) is 0 Å². The molecule has 0 radical (unpaired) electrons. The smallest absolute Gasteiger partial charge is 0.0647 e. The maximum absolute atomic E-state index is 7.00. The highest BCUT2D eigenvalue weighted by Crippen LogP contribution is 2.11. The molecule has 0 amide bonds. The van der Waals surface area contributed by atoms with Crippen molar-refractivity contribution in [3.63, 3.8) is 0 Å². The Morgan fingerprint density at radius 3 is 2.46 bits per heavy atom. The molecule has 0 aliphatic carbocycles. The molecule has 0 aliphatic rings. The van der Waals surface area contributed by atoms with E-state index in [0.29, 0.717) is 11.8 Å². The number of hydrogen-bond acceptors (Lipinski definition) is 2. The van der Waals surface area contributed by atoms with Crippen LogP contribution in [-0.2, 0) is 5.88 Å². The lowest BCUT2D eigenvalue weighted by Crippen LogP contribution is -1.94. The molecule has 0 saturated heterocycles. The minimum Gasteiger partial charge on any atom is -0.400 e. The fourth-order valence-electron chi connectivity index (χ4n) is 0.894. The van der Waals surface area contributed by atoms with Gasteiger partial charge in [-0.15, -0.1) is 11.6 Å². The van der Waals surface area contributed by atoms with Gasteiger partial charge < -0.3 is 5.11 Å². The van der Waals surface area contributed by atoms with Crippen LogP contribution in [0.25, 0.3) is 0 Å². The number of pyridine rings is 1. The third-order valence-corrected chi connectivity index (χ3v) is 1.83. The molecule has 3 heteroatoms. The lowest BCUT2D eigenvalue weighted by Gasteiger charge is -2.04. The SMILES string of the molecule is CC(C)c1cccc(CCl)n1.CO. The van der Waals surface area contributed by atoms with Gasteiger partial charge >= 0.3 is 0 Å². The zero-order valence-electron chi connectivity index (χ0n) is 8.29. The Labute approximate surface area is 84.6 Å². The van der Waals surface area contributed by atoms with E-state index in [1.165, 1.54) is 0 Å². The first-order valence-electron chi connectivity index (χ1n) is 4.20. The number of aliphatic hydroxyl groups excluding tert-OH is 1. The van der Waals surface area contributed by atoms with Crippen LogP contribution in [0.5, 0.6) is 0 Å². The average molecular weight is 202 g/mol. The van der Waals surface area contributed by atoms with Gasteiger partial charge in [-0.25, -0.2) is 0 Å². The Bertz CT molecular complexity index is 238. The number of rotatable bonds is 2. The van der Waals surface area contributed by atoms with E-state index < -0.39 is 0 Å². The van der Waals surface area contributed by atoms with Gasteiger partial charge in [-0.1, -0.05) is 19.9 Å². The Morgan fingerprint density at radius 2 is 2.00 bits per heavy atom. The van der Waals surface area contributed by atoms with E-state index in [0.717, 1.165) is 18.5 Å². The number of halogens is 1. The molecule has 0 aromatic carbocycles. The first-order chi connectivity index (χ1) is 6.24. The number of nitrogens with zero attached hydrogens (tertiary/aromatic N) is 1. The summed E-state index contributed by atoms with van der Waals surface area (Å²) in [7, 11) is 1.00. The number of hydrogen-bond donors (Lipinski definition) is 1. The highest BCUT2D eigenvalue weighted by Gasteiger charge is 2.00. The summed E-state index contributed by atoms with van der Waals surface area (Å²) < 4.78 is 0. The van der Waals surface area contributed by atoms with Crippen molar-refractivity contribution in [1.29, 1.82) is 0 Å². The lowest BCUT2D eigenvalue weighted by atomic mass is 10.1. The van der Waals surface area contributed by atoms with Gasteiger partial charge in [0.15, 0.2) is 0 Å². The zero-order valence-corrected chi connectivity index (χ0v) is 9.04. The normalized spacial score (nSPS) is 9.38. The predicted molar refractivity (Wildman–Crippen MR) is 56.0 cm³/mol. The second-order valence-corrected chi connectivity index (χ2v) is 3.11. The summed E-state index contributed by atoms with van der Waals surface area (Å²) in [5.74, 6) is 0.985. The van der Waals surface area contributed by atoms with Crippen LogP contribution in [0.2, 0.25) is 0 Å². The van der Waals surface area contributed by atoms with Gasteiger partial charge in [0.1, 0.15) is 0 Å². The first-order valence-corrected chi connectivity index (χ1v) is 4.74. The highest BCUT2D eigenvalue weighted by molar-refractivity contribution is 6.16. The molecule has 1 N–H and O–H groups in total. The van der Waals surface area contributed by atoms with Gasteiger partial charge in [0.25, 0.3) is 0 Å². The minimum atomic E-state index is 0.484. The third-order valence-electron chi connectivity index (χ3n) is 1.56. The van der Waals surface area contributed by atoms with Crippen molar-refractivity contribution in [2.75, 3.05) is 7.11 Å². The summed E-state index contributed by atoms with van der Waals surface area (Å²) >= 11 is 5.64. The fourth-order valence-corrected chi connectivity index (χ4v) is 1.04. The predicted octanol–water partition coefficient (Wildman–Crippen LogP) is 2.55. The van der Waals surface area contributed by atoms with E-state index in [2.05, 4.69) is 18.8 Å². The number of alkyl halides is 1. The molecule has 0 unspecified atom stereocenters. The van der Waals surface area contributed by atoms with E-state index in [9.17, 15) is 0 Å². The molecule has 1 aromatic rings. The summed E-state index contributed by atoms with van der Waals surface area (Å²) in [6, 6.07) is 5.97. The molecule has 13 heavy (non-hydrogen) atoms. The van der Waals surface area contributed by atoms with Crippen molar-refractivity contribution < 1.29 is 5.11 Å². The van der Waals surface area contributed by atoms with Crippen molar-refractivity contribution in [3.8, 4) is 0 Å². The van der Waals surface area contributed by atoms with Crippen molar-refractivity contribution in [2.45, 2.75) is 25.6 Å². The molecule has 1 rings (SSSR count). The molecule has 0 spiro atoms. The van der Waals surface area contributed by atoms with E-state index in [1.54, 1.807) is 0 Å². The summed E-state index contributed by atoms with van der Waals surface area (Å²) in [4.78, 5) is 4.36. The van der Waals surface area contributed by atoms with Crippen LogP contribution in [0.3, 0.4) is 0 Å². The molecule has 0 atom stereocenters. The second-order valence-electron chi connectivity index (χ2n) is 2.84. The molecule has 74 valence electrons. The number of aromatic nitrogens is 1. The largest absolute Gasteiger partial charge is 0.400 e. The monoisotopic (exact) mass is 201 g/mol. The van der Waals surface area contributed by atoms with Gasteiger partial charge in [-0.2, -0.15) is 0 Å². The van der Waals surface area contributed by atoms with Crippen LogP contribution >= 0.6 is 11.6 Å². The maximum Gasteiger partial charge on any atom is 0.0647 e. The summed E-state index contributed by atoms with van der Waals surface area (Å²) in [6.07, 6.45) is 0. The molecule has 1 heterocycles. The minimum absolute atomic E-state index is 0.484. The molecular weight excluding hydrogens is 186 g/mol. The fraction of sp³-hybridized carbons (Fsp3) is 0.500. The van der Waals surface area contributed by atoms with Gasteiger partial charge in [0.2, 0.25) is 0 Å². The molecular formula is C10H16ClNO. The molecule has 2 nitrogen and oxygen atoms in total. The maximum atomic E-state index is 7.00. The van der Waals surface area contributed by atoms with Crippen molar-refractivity contribution in [3.05, 3.63) is 29.6 Å². The standard InChI is InChI=1S/C9H12ClN.CH4O/c1-7(2)9-5-3-4-8(6-10)11-9;1-2/h3-5,7H,6H2,1-2H3;2H,1H3. The number of aliphatic hydroxyl groups is 1. The van der Waals surface area contributed by atoms with E-state index >= 15 is 0 Å². The Kier molecular flexibility index (Phi) is 6.55. The molecule has 0 fully saturated rings. The highest BCUT2D eigenvalue weighted by atomic mass is 35.5. The molecule has 1 aromatic heterocycles. The topological polar surface area (TPSA) is 33.1 Å². The lowest BCUT2D eigenvalue weighted by molar-refractivity contribution is 0.399. The summed E-state index contributed by atoms with van der Waals surface area (Å²) in [5, 5.41) is 7.00. The Morgan fingerprint density at radius 1 is 1.38 bits per heavy atom. The van der Waals surface area contributed by atoms with Crippen LogP contribution in [0.1, 0.15) is 31.2 Å². The summed E-state index contributed by atoms with van der Waals surface area (Å²) in [6.45, 7) is 4.25. The van der Waals surface area contributed by atoms with Gasteiger partial charge in [-0.05, 0) is 18.1 Å². The van der Waals surface area contributed by atoms with E-state index in [-0.39, 0.29) is 0 Å². The van der Waals surface area contributed by atoms with Gasteiger partial charge in [0, 0.05) is 12.8 Å². The average Bonchev–Trinajstić information content (AvgIpc) is 2.21. The first kappa shape index (κ1) is 12.4. The quantitative estimate of drug-likeness (QED) is 0.747. The van der Waals surface area contributed by atoms with E-state index in [1.807, 2.05) is 18.2 Å². The molecule has 0 aliphatic heterocycles. The van der Waals surface area contributed by atoms with Crippen LogP contribution < -0.4 is 0 Å². The Hall–Kier alpha value is -0.600.